The molecule has 1 N–H and O–H groups in total. The monoisotopic (exact) mass is 298 g/mol. The van der Waals surface area contributed by atoms with Crippen LogP contribution in [0.5, 0.6) is 11.5 Å². The van der Waals surface area contributed by atoms with E-state index in [9.17, 15) is 5.11 Å². The summed E-state index contributed by atoms with van der Waals surface area (Å²) in [6, 6.07) is 4.04. The molecule has 0 fully saturated rings. The van der Waals surface area contributed by atoms with Crippen LogP contribution in [0.1, 0.15) is 57.1 Å². The molecule has 0 spiro atoms. The molecule has 3 atom stereocenters. The Bertz CT molecular complexity index is 629. The van der Waals surface area contributed by atoms with Crippen LogP contribution in [0.15, 0.2) is 36.4 Å². The number of fused-ring (bicyclic) bond motifs is 3. The van der Waals surface area contributed by atoms with Gasteiger partial charge in [0, 0.05) is 17.4 Å². The summed E-state index contributed by atoms with van der Waals surface area (Å²) in [5, 5.41) is 10.6. The molecular weight excluding hydrogens is 272 g/mol. The number of phenolic OH excluding ortho intramolecular Hbond substituents is 1. The summed E-state index contributed by atoms with van der Waals surface area (Å²) in [5.41, 5.74) is 3.17. The summed E-state index contributed by atoms with van der Waals surface area (Å²) >= 11 is 0. The molecule has 22 heavy (non-hydrogen) atoms. The highest BCUT2D eigenvalue weighted by Gasteiger charge is 2.46. The van der Waals surface area contributed by atoms with Gasteiger partial charge >= 0.3 is 0 Å². The van der Waals surface area contributed by atoms with Crippen molar-refractivity contribution in [2.45, 2.75) is 58.0 Å². The zero-order chi connectivity index (χ0) is 15.9. The zero-order valence-electron chi connectivity index (χ0n) is 13.9. The van der Waals surface area contributed by atoms with Gasteiger partial charge in [0.1, 0.15) is 17.1 Å². The number of aromatic hydroxyl groups is 1. The number of hydrogen-bond donors (Lipinski definition) is 1. The lowest BCUT2D eigenvalue weighted by atomic mass is 9.66. The molecule has 2 heteroatoms. The minimum atomic E-state index is -0.369. The van der Waals surface area contributed by atoms with Gasteiger partial charge in [0.25, 0.3) is 0 Å². The Morgan fingerprint density at radius 2 is 2.23 bits per heavy atom. The molecule has 0 saturated heterocycles. The maximum atomic E-state index is 10.6. The number of benzene rings is 1. The summed E-state index contributed by atoms with van der Waals surface area (Å²) < 4.78 is 6.33. The molecule has 1 aromatic rings. The predicted molar refractivity (Wildman–Crippen MR) is 90.6 cm³/mol. The first-order valence-electron chi connectivity index (χ1n) is 8.32. The third-order valence-corrected chi connectivity index (χ3v) is 5.31. The van der Waals surface area contributed by atoms with E-state index in [4.69, 9.17) is 4.74 Å². The lowest BCUT2D eigenvalue weighted by Crippen LogP contribution is -2.46. The fraction of sp³-hybridized carbons (Fsp3) is 0.500. The highest BCUT2D eigenvalue weighted by molar-refractivity contribution is 5.53. The lowest BCUT2D eigenvalue weighted by molar-refractivity contribution is 0.0335. The van der Waals surface area contributed by atoms with Gasteiger partial charge in [0.15, 0.2) is 0 Å². The fourth-order valence-corrected chi connectivity index (χ4v) is 4.06. The van der Waals surface area contributed by atoms with Gasteiger partial charge in [0.2, 0.25) is 0 Å². The Kier molecular flexibility index (Phi) is 3.80. The van der Waals surface area contributed by atoms with Crippen LogP contribution in [0.4, 0.5) is 0 Å². The molecule has 2 aliphatic rings. The van der Waals surface area contributed by atoms with E-state index in [1.54, 1.807) is 0 Å². The first-order valence-corrected chi connectivity index (χ1v) is 8.32. The van der Waals surface area contributed by atoms with E-state index in [1.165, 1.54) is 5.57 Å². The van der Waals surface area contributed by atoms with Crippen LogP contribution in [0, 0.1) is 5.92 Å². The van der Waals surface area contributed by atoms with Gasteiger partial charge in [-0.25, -0.2) is 0 Å². The van der Waals surface area contributed by atoms with Gasteiger partial charge in [-0.3, -0.25) is 0 Å². The maximum absolute atomic E-state index is 10.6. The second-order valence-electron chi connectivity index (χ2n) is 6.97. The van der Waals surface area contributed by atoms with Crippen molar-refractivity contribution in [3.05, 3.63) is 47.6 Å². The number of ether oxygens (including phenoxy) is 1. The van der Waals surface area contributed by atoms with Crippen LogP contribution < -0.4 is 4.74 Å². The Labute approximate surface area is 133 Å². The fourth-order valence-electron chi connectivity index (χ4n) is 4.06. The zero-order valence-corrected chi connectivity index (χ0v) is 13.9. The van der Waals surface area contributed by atoms with E-state index in [1.807, 2.05) is 12.1 Å². The Hall–Kier alpha value is -1.70. The molecule has 3 rings (SSSR count). The summed E-state index contributed by atoms with van der Waals surface area (Å²) in [5.74, 6) is 1.90. The van der Waals surface area contributed by atoms with E-state index >= 15 is 0 Å². The molecule has 0 bridgehead atoms. The number of rotatable bonds is 3. The molecule has 118 valence electrons. The van der Waals surface area contributed by atoms with Gasteiger partial charge in [-0.1, -0.05) is 31.6 Å². The van der Waals surface area contributed by atoms with E-state index in [0.717, 1.165) is 42.6 Å². The molecule has 0 amide bonds. The third kappa shape index (κ3) is 2.35. The molecule has 0 aromatic heterocycles. The summed E-state index contributed by atoms with van der Waals surface area (Å²) in [6.45, 7) is 10.5. The molecular formula is C20H26O2. The van der Waals surface area contributed by atoms with Crippen molar-refractivity contribution in [1.29, 1.82) is 0 Å². The van der Waals surface area contributed by atoms with Crippen LogP contribution in [0.3, 0.4) is 0 Å². The largest absolute Gasteiger partial charge is 0.508 e. The number of aryl methyl sites for hydroxylation is 1. The van der Waals surface area contributed by atoms with E-state index in [0.29, 0.717) is 17.6 Å². The van der Waals surface area contributed by atoms with Crippen molar-refractivity contribution in [1.82, 2.24) is 0 Å². The smallest absolute Gasteiger partial charge is 0.128 e. The molecule has 0 radical (unpaired) electrons. The molecule has 2 nitrogen and oxygen atoms in total. The van der Waals surface area contributed by atoms with Crippen molar-refractivity contribution in [3.63, 3.8) is 0 Å². The van der Waals surface area contributed by atoms with Crippen LogP contribution in [-0.4, -0.2) is 10.7 Å². The Morgan fingerprint density at radius 1 is 1.45 bits per heavy atom. The molecule has 1 aliphatic heterocycles. The van der Waals surface area contributed by atoms with Crippen molar-refractivity contribution < 1.29 is 9.84 Å². The minimum absolute atomic E-state index is 0.312. The molecule has 1 aliphatic carbocycles. The van der Waals surface area contributed by atoms with Gasteiger partial charge in [-0.15, -0.1) is 0 Å². The second-order valence-corrected chi connectivity index (χ2v) is 6.97. The van der Waals surface area contributed by atoms with Crippen molar-refractivity contribution >= 4 is 0 Å². The van der Waals surface area contributed by atoms with Crippen molar-refractivity contribution in [3.8, 4) is 11.5 Å². The van der Waals surface area contributed by atoms with Crippen molar-refractivity contribution in [2.24, 2.45) is 5.92 Å². The summed E-state index contributed by atoms with van der Waals surface area (Å²) in [7, 11) is 0. The SMILES string of the molecule is C=C[C@]1(C)Oc2cc(CCC)cc(O)c2C2CC(C)=CCC21. The number of phenols is 1. The van der Waals surface area contributed by atoms with Gasteiger partial charge in [-0.2, -0.15) is 0 Å². The predicted octanol–water partition coefficient (Wildman–Crippen LogP) is 5.12. The van der Waals surface area contributed by atoms with Crippen molar-refractivity contribution in [2.75, 3.05) is 0 Å². The number of allylic oxidation sites excluding steroid dienone is 2. The van der Waals surface area contributed by atoms with Gasteiger partial charge in [0.05, 0.1) is 0 Å². The van der Waals surface area contributed by atoms with E-state index in [-0.39, 0.29) is 5.60 Å². The van der Waals surface area contributed by atoms with E-state index in [2.05, 4.69) is 39.5 Å². The summed E-state index contributed by atoms with van der Waals surface area (Å²) in [6.07, 6.45) is 8.23. The third-order valence-electron chi connectivity index (χ3n) is 5.31. The standard InChI is InChI=1S/C20H26O2/c1-5-7-14-11-17(21)19-15-10-13(3)8-9-16(15)20(4,6-2)22-18(19)12-14/h6,8,11-12,15-16,21H,2,5,7,9-10H2,1,3-4H3/t15?,16?,20-/m0/s1. The molecule has 1 heterocycles. The Balaban J connectivity index is 2.13. The second kappa shape index (κ2) is 5.49. The normalized spacial score (nSPS) is 29.9. The van der Waals surface area contributed by atoms with Crippen LogP contribution >= 0.6 is 0 Å². The lowest BCUT2D eigenvalue weighted by Gasteiger charge is -2.47. The van der Waals surface area contributed by atoms with Crippen LogP contribution in [0.2, 0.25) is 0 Å². The molecule has 1 aromatic carbocycles. The highest BCUT2D eigenvalue weighted by Crippen LogP contribution is 2.54. The Morgan fingerprint density at radius 3 is 2.91 bits per heavy atom. The van der Waals surface area contributed by atoms with Gasteiger partial charge < -0.3 is 9.84 Å². The summed E-state index contributed by atoms with van der Waals surface area (Å²) in [4.78, 5) is 0. The van der Waals surface area contributed by atoms with E-state index < -0.39 is 0 Å². The first-order chi connectivity index (χ1) is 10.5. The quantitative estimate of drug-likeness (QED) is 0.785. The molecule has 2 unspecified atom stereocenters. The highest BCUT2D eigenvalue weighted by atomic mass is 16.5. The average molecular weight is 298 g/mol. The average Bonchev–Trinajstić information content (AvgIpc) is 2.46. The van der Waals surface area contributed by atoms with Crippen LogP contribution in [-0.2, 0) is 6.42 Å². The number of hydrogen-bond acceptors (Lipinski definition) is 2. The van der Waals surface area contributed by atoms with Gasteiger partial charge in [-0.05, 0) is 56.9 Å². The maximum Gasteiger partial charge on any atom is 0.128 e. The first kappa shape index (κ1) is 15.2. The topological polar surface area (TPSA) is 29.5 Å². The molecule has 0 saturated carbocycles. The van der Waals surface area contributed by atoms with Crippen LogP contribution in [0.25, 0.3) is 0 Å². The minimum Gasteiger partial charge on any atom is -0.508 e.